The number of anilines is 1. The van der Waals surface area contributed by atoms with Crippen LogP contribution in [0.2, 0.25) is 0 Å². The molecule has 18 heteroatoms. The summed E-state index contributed by atoms with van der Waals surface area (Å²) in [7, 11) is 0. The SMILES string of the molecule is Cl.Nc1nc(C(=NOC2CSC2)C(=O)NC2C(=O)N3C(C(=O)O)=C(CSc4nncs4)CS[C@H]23)cs1. The number of nitrogens with one attached hydrogen (secondary N) is 1. The maximum atomic E-state index is 13.1. The molecule has 0 bridgehead atoms. The molecular formula is C18H18ClN7O5S5. The summed E-state index contributed by atoms with van der Waals surface area (Å²) in [5.74, 6) is -0.00383. The standard InChI is InChI=1S/C18H17N7O5S5.ClH/c19-17-21-9(5-33-17)10(24-30-8-3-31-4-8)13(26)22-11-14(27)25-12(16(28)29)7(1-32-15(11)25)2-34-18-23-20-6-35-18;/h5-6,8,11,15H,1-4H2,(H2,19,21)(H,22,26)(H,28,29);1H/t11?,15-;/m1./s1. The summed E-state index contributed by atoms with van der Waals surface area (Å²) < 4.78 is 0.714. The fourth-order valence-electron chi connectivity index (χ4n) is 3.38. The Kier molecular flexibility index (Phi) is 8.67. The molecule has 0 saturated carbocycles. The molecule has 2 saturated heterocycles. The zero-order chi connectivity index (χ0) is 24.5. The van der Waals surface area contributed by atoms with Crippen molar-refractivity contribution in [2.45, 2.75) is 21.9 Å². The Hall–Kier alpha value is -2.05. The van der Waals surface area contributed by atoms with Crippen LogP contribution in [0.5, 0.6) is 0 Å². The topological polar surface area (TPSA) is 173 Å². The van der Waals surface area contributed by atoms with E-state index in [-0.39, 0.29) is 40.7 Å². The number of rotatable bonds is 9. The number of halogens is 1. The van der Waals surface area contributed by atoms with E-state index in [2.05, 4.69) is 25.7 Å². The number of nitrogen functional groups attached to an aromatic ring is 1. The number of hydrogen-bond acceptors (Lipinski definition) is 14. The first-order valence-corrected chi connectivity index (χ1v) is 15.0. The van der Waals surface area contributed by atoms with Gasteiger partial charge in [0.15, 0.2) is 15.2 Å². The number of carboxylic acid groups (broad SMARTS) is 1. The Morgan fingerprint density at radius 2 is 2.17 bits per heavy atom. The molecule has 5 heterocycles. The number of β-lactam (4-membered cyclic amide) rings is 1. The fraction of sp³-hybridized carbons (Fsp3) is 0.389. The maximum absolute atomic E-state index is 13.1. The molecule has 3 aliphatic rings. The van der Waals surface area contributed by atoms with E-state index in [0.717, 1.165) is 22.8 Å². The molecule has 1 unspecified atom stereocenters. The molecule has 2 atom stereocenters. The quantitative estimate of drug-likeness (QED) is 0.162. The summed E-state index contributed by atoms with van der Waals surface area (Å²) in [5.41, 5.74) is 8.05. The van der Waals surface area contributed by atoms with E-state index in [4.69, 9.17) is 10.6 Å². The van der Waals surface area contributed by atoms with Crippen LogP contribution >= 0.6 is 70.4 Å². The lowest BCUT2D eigenvalue weighted by atomic mass is 10.0. The van der Waals surface area contributed by atoms with Crippen molar-refractivity contribution in [3.05, 3.63) is 27.9 Å². The third-order valence-corrected chi connectivity index (χ3v) is 10.3. The van der Waals surface area contributed by atoms with Crippen molar-refractivity contribution in [2.75, 3.05) is 28.7 Å². The monoisotopic (exact) mass is 607 g/mol. The number of carboxylic acids is 1. The first-order valence-electron chi connectivity index (χ1n) is 10.0. The number of oxime groups is 1. The summed E-state index contributed by atoms with van der Waals surface area (Å²) >= 11 is 6.98. The van der Waals surface area contributed by atoms with E-state index in [1.807, 2.05) is 0 Å². The zero-order valence-corrected chi connectivity index (χ0v) is 23.0. The average molecular weight is 608 g/mol. The molecule has 0 aromatic carbocycles. The van der Waals surface area contributed by atoms with Gasteiger partial charge in [0.25, 0.3) is 11.8 Å². The number of thiazole rings is 1. The lowest BCUT2D eigenvalue weighted by Crippen LogP contribution is -2.71. The molecule has 4 N–H and O–H groups in total. The van der Waals surface area contributed by atoms with Crippen LogP contribution in [-0.2, 0) is 19.2 Å². The van der Waals surface area contributed by atoms with Crippen molar-refractivity contribution in [2.24, 2.45) is 5.16 Å². The van der Waals surface area contributed by atoms with Crippen LogP contribution < -0.4 is 11.1 Å². The zero-order valence-electron chi connectivity index (χ0n) is 18.1. The molecule has 12 nitrogen and oxygen atoms in total. The molecule has 0 spiro atoms. The van der Waals surface area contributed by atoms with Crippen LogP contribution in [-0.4, -0.2) is 89.2 Å². The highest BCUT2D eigenvalue weighted by atomic mass is 35.5. The van der Waals surface area contributed by atoms with Crippen LogP contribution in [0.25, 0.3) is 0 Å². The summed E-state index contributed by atoms with van der Waals surface area (Å²) in [6.07, 6.45) is -0.0896. The molecule has 0 aliphatic carbocycles. The highest BCUT2D eigenvalue weighted by Crippen LogP contribution is 2.41. The molecule has 0 radical (unpaired) electrons. The van der Waals surface area contributed by atoms with Gasteiger partial charge in [-0.05, 0) is 5.57 Å². The predicted molar refractivity (Wildman–Crippen MR) is 143 cm³/mol. The lowest BCUT2D eigenvalue weighted by molar-refractivity contribution is -0.150. The summed E-state index contributed by atoms with van der Waals surface area (Å²) in [6.45, 7) is 0. The van der Waals surface area contributed by atoms with Gasteiger partial charge < -0.3 is 21.0 Å². The Bertz CT molecular complexity index is 1220. The number of aromatic nitrogens is 3. The van der Waals surface area contributed by atoms with E-state index >= 15 is 0 Å². The molecule has 2 fully saturated rings. The number of nitrogens with zero attached hydrogens (tertiary/aromatic N) is 5. The number of thioether (sulfide) groups is 3. The van der Waals surface area contributed by atoms with Gasteiger partial charge in [-0.1, -0.05) is 28.3 Å². The number of carbonyl (C=O) groups is 3. The van der Waals surface area contributed by atoms with Gasteiger partial charge in [-0.2, -0.15) is 11.8 Å². The third kappa shape index (κ3) is 5.45. The molecule has 36 heavy (non-hydrogen) atoms. The largest absolute Gasteiger partial charge is 0.477 e. The number of amides is 2. The highest BCUT2D eigenvalue weighted by molar-refractivity contribution is 8.02. The van der Waals surface area contributed by atoms with E-state index in [1.165, 1.54) is 39.8 Å². The van der Waals surface area contributed by atoms with Gasteiger partial charge in [-0.15, -0.1) is 45.7 Å². The highest BCUT2D eigenvalue weighted by Gasteiger charge is 2.54. The number of aliphatic carboxylic acids is 1. The average Bonchev–Trinajstić information content (AvgIpc) is 3.48. The molecule has 3 aliphatic heterocycles. The van der Waals surface area contributed by atoms with Crippen LogP contribution in [0.4, 0.5) is 5.13 Å². The first kappa shape index (κ1) is 27.0. The second kappa shape index (κ2) is 11.6. The summed E-state index contributed by atoms with van der Waals surface area (Å²) in [5, 5.41) is 25.5. The van der Waals surface area contributed by atoms with Crippen molar-refractivity contribution in [1.82, 2.24) is 25.4 Å². The van der Waals surface area contributed by atoms with E-state index in [0.29, 0.717) is 21.4 Å². The first-order chi connectivity index (χ1) is 16.9. The van der Waals surface area contributed by atoms with Crippen molar-refractivity contribution in [1.29, 1.82) is 0 Å². The van der Waals surface area contributed by atoms with E-state index in [1.54, 1.807) is 22.7 Å². The second-order valence-corrected chi connectivity index (χ2v) is 12.5. The molecule has 2 aromatic rings. The van der Waals surface area contributed by atoms with Gasteiger partial charge in [0, 0.05) is 28.4 Å². The molecule has 2 aromatic heterocycles. The number of carbonyl (C=O) groups excluding carboxylic acids is 2. The predicted octanol–water partition coefficient (Wildman–Crippen LogP) is 1.37. The van der Waals surface area contributed by atoms with E-state index in [9.17, 15) is 19.5 Å². The van der Waals surface area contributed by atoms with Crippen molar-refractivity contribution >= 4 is 99.0 Å². The Balaban J connectivity index is 0.00000304. The molecular weight excluding hydrogens is 590 g/mol. The Morgan fingerprint density at radius 3 is 2.78 bits per heavy atom. The van der Waals surface area contributed by atoms with Gasteiger partial charge in [-0.25, -0.2) is 9.78 Å². The fourth-order valence-corrected chi connectivity index (χ4v) is 7.45. The van der Waals surface area contributed by atoms with Gasteiger partial charge >= 0.3 is 5.97 Å². The van der Waals surface area contributed by atoms with Gasteiger partial charge in [0.05, 0.1) is 0 Å². The number of fused-ring (bicyclic) bond motifs is 1. The third-order valence-electron chi connectivity index (χ3n) is 5.13. The van der Waals surface area contributed by atoms with Crippen molar-refractivity contribution in [3.63, 3.8) is 0 Å². The maximum Gasteiger partial charge on any atom is 0.352 e. The molecule has 2 amide bonds. The minimum absolute atomic E-state index is 0. The second-order valence-electron chi connectivity index (χ2n) is 7.39. The van der Waals surface area contributed by atoms with Gasteiger partial charge in [0.2, 0.25) is 0 Å². The smallest absolute Gasteiger partial charge is 0.352 e. The minimum Gasteiger partial charge on any atom is -0.477 e. The molecule has 5 rings (SSSR count). The van der Waals surface area contributed by atoms with Crippen LogP contribution in [0.3, 0.4) is 0 Å². The normalized spacial score (nSPS) is 21.7. The molecule has 192 valence electrons. The summed E-state index contributed by atoms with van der Waals surface area (Å²) in [6, 6.07) is -0.903. The Morgan fingerprint density at radius 1 is 1.36 bits per heavy atom. The minimum atomic E-state index is -1.19. The van der Waals surface area contributed by atoms with Gasteiger partial charge in [0.1, 0.15) is 34.4 Å². The van der Waals surface area contributed by atoms with Crippen molar-refractivity contribution in [3.8, 4) is 0 Å². The van der Waals surface area contributed by atoms with Crippen molar-refractivity contribution < 1.29 is 24.3 Å². The Labute approximate surface area is 231 Å². The lowest BCUT2D eigenvalue weighted by Gasteiger charge is -2.49. The van der Waals surface area contributed by atoms with Crippen LogP contribution in [0.15, 0.2) is 31.7 Å². The van der Waals surface area contributed by atoms with Crippen LogP contribution in [0, 0.1) is 0 Å². The summed E-state index contributed by atoms with van der Waals surface area (Å²) in [4.78, 5) is 48.9. The van der Waals surface area contributed by atoms with Gasteiger partial charge in [-0.3, -0.25) is 14.5 Å². The van der Waals surface area contributed by atoms with E-state index < -0.39 is 29.2 Å². The number of hydrogen-bond donors (Lipinski definition) is 3. The number of nitrogens with two attached hydrogens (primary N) is 1. The van der Waals surface area contributed by atoms with Crippen LogP contribution in [0.1, 0.15) is 5.69 Å².